The first-order chi connectivity index (χ1) is 13.1. The number of aliphatic carboxylic acids is 1. The van der Waals surface area contributed by atoms with E-state index in [4.69, 9.17) is 9.84 Å². The number of carbonyl (C=O) groups is 2. The van der Waals surface area contributed by atoms with Crippen LogP contribution in [0.1, 0.15) is 16.1 Å². The number of carboxylic acid groups (broad SMARTS) is 1. The van der Waals surface area contributed by atoms with E-state index in [1.54, 1.807) is 35.1 Å². The van der Waals surface area contributed by atoms with Crippen molar-refractivity contribution in [2.75, 3.05) is 12.4 Å². The van der Waals surface area contributed by atoms with Crippen LogP contribution in [0.25, 0.3) is 11.8 Å². The van der Waals surface area contributed by atoms with Gasteiger partial charge in [-0.25, -0.2) is 9.48 Å². The van der Waals surface area contributed by atoms with E-state index in [0.29, 0.717) is 17.0 Å². The summed E-state index contributed by atoms with van der Waals surface area (Å²) in [5, 5.41) is 15.7. The van der Waals surface area contributed by atoms with Gasteiger partial charge in [0.25, 0.3) is 5.91 Å². The first-order valence-electron chi connectivity index (χ1n) is 8.08. The van der Waals surface area contributed by atoms with Gasteiger partial charge in [0.2, 0.25) is 0 Å². The number of rotatable bonds is 6. The molecular formula is C20H17N3O4. The first kappa shape index (κ1) is 17.9. The predicted octanol–water partition coefficient (Wildman–Crippen LogP) is 3.23. The van der Waals surface area contributed by atoms with Crippen LogP contribution in [0.2, 0.25) is 0 Å². The summed E-state index contributed by atoms with van der Waals surface area (Å²) in [5.41, 5.74) is 2.24. The van der Waals surface area contributed by atoms with Crippen molar-refractivity contribution in [3.05, 3.63) is 78.1 Å². The fourth-order valence-corrected chi connectivity index (χ4v) is 2.41. The van der Waals surface area contributed by atoms with E-state index in [1.165, 1.54) is 13.2 Å². The average Bonchev–Trinajstić information content (AvgIpc) is 3.13. The number of nitrogens with one attached hydrogen (secondary N) is 1. The summed E-state index contributed by atoms with van der Waals surface area (Å²) in [7, 11) is 1.48. The van der Waals surface area contributed by atoms with E-state index >= 15 is 0 Å². The minimum Gasteiger partial charge on any atom is -0.493 e. The van der Waals surface area contributed by atoms with Gasteiger partial charge in [0.05, 0.1) is 19.0 Å². The summed E-state index contributed by atoms with van der Waals surface area (Å²) < 4.78 is 6.85. The van der Waals surface area contributed by atoms with E-state index in [2.05, 4.69) is 10.4 Å². The Hall–Kier alpha value is -3.87. The number of carboxylic acids is 1. The van der Waals surface area contributed by atoms with E-state index in [9.17, 15) is 9.59 Å². The van der Waals surface area contributed by atoms with Gasteiger partial charge in [-0.2, -0.15) is 5.10 Å². The molecule has 2 aromatic carbocycles. The number of methoxy groups -OCH3 is 1. The largest absolute Gasteiger partial charge is 0.493 e. The fourth-order valence-electron chi connectivity index (χ4n) is 2.41. The van der Waals surface area contributed by atoms with Crippen molar-refractivity contribution in [2.24, 2.45) is 0 Å². The number of nitrogens with zero attached hydrogens (tertiary/aromatic N) is 2. The zero-order valence-electron chi connectivity index (χ0n) is 14.5. The van der Waals surface area contributed by atoms with Crippen LogP contribution in [0.5, 0.6) is 5.75 Å². The molecule has 1 heterocycles. The zero-order chi connectivity index (χ0) is 19.2. The highest BCUT2D eigenvalue weighted by atomic mass is 16.5. The molecule has 136 valence electrons. The molecule has 0 aliphatic rings. The molecule has 7 heteroatoms. The van der Waals surface area contributed by atoms with Crippen molar-refractivity contribution in [1.82, 2.24) is 9.78 Å². The van der Waals surface area contributed by atoms with Gasteiger partial charge in [0.15, 0.2) is 11.4 Å². The number of anilines is 1. The molecule has 0 atom stereocenters. The second-order valence-corrected chi connectivity index (χ2v) is 5.57. The Bertz CT molecular complexity index is 976. The highest BCUT2D eigenvalue weighted by molar-refractivity contribution is 6.04. The van der Waals surface area contributed by atoms with Gasteiger partial charge in [0, 0.05) is 11.8 Å². The molecule has 0 saturated heterocycles. The monoisotopic (exact) mass is 363 g/mol. The van der Waals surface area contributed by atoms with Crippen LogP contribution in [0, 0.1) is 0 Å². The SMILES string of the molecule is COc1cn(-c2ccccc2)nc1C(=O)Nc1ccc(/C=C/C(=O)O)cc1. The lowest BCUT2D eigenvalue weighted by Gasteiger charge is -2.05. The molecule has 0 spiro atoms. The summed E-state index contributed by atoms with van der Waals surface area (Å²) >= 11 is 0. The van der Waals surface area contributed by atoms with Crippen LogP contribution in [-0.4, -0.2) is 33.9 Å². The topological polar surface area (TPSA) is 93.5 Å². The van der Waals surface area contributed by atoms with Crippen molar-refractivity contribution < 1.29 is 19.4 Å². The molecule has 1 aromatic heterocycles. The van der Waals surface area contributed by atoms with E-state index < -0.39 is 11.9 Å². The molecule has 2 N–H and O–H groups in total. The molecule has 0 bridgehead atoms. The summed E-state index contributed by atoms with van der Waals surface area (Å²) in [6.07, 6.45) is 4.16. The number of amides is 1. The van der Waals surface area contributed by atoms with Crippen molar-refractivity contribution in [3.8, 4) is 11.4 Å². The summed E-state index contributed by atoms with van der Waals surface area (Å²) in [5.74, 6) is -1.07. The third-order valence-electron chi connectivity index (χ3n) is 3.72. The third-order valence-corrected chi connectivity index (χ3v) is 3.72. The quantitative estimate of drug-likeness (QED) is 0.656. The molecule has 0 fully saturated rings. The number of carbonyl (C=O) groups excluding carboxylic acids is 1. The number of hydrogen-bond donors (Lipinski definition) is 2. The predicted molar refractivity (Wildman–Crippen MR) is 101 cm³/mol. The molecule has 0 saturated carbocycles. The van der Waals surface area contributed by atoms with Crippen LogP contribution >= 0.6 is 0 Å². The smallest absolute Gasteiger partial charge is 0.328 e. The second kappa shape index (κ2) is 8.01. The maximum atomic E-state index is 12.6. The highest BCUT2D eigenvalue weighted by Gasteiger charge is 2.18. The normalized spacial score (nSPS) is 10.7. The average molecular weight is 363 g/mol. The first-order valence-corrected chi connectivity index (χ1v) is 8.08. The Morgan fingerprint density at radius 3 is 2.44 bits per heavy atom. The lowest BCUT2D eigenvalue weighted by Crippen LogP contribution is -2.14. The number of hydrogen-bond acceptors (Lipinski definition) is 4. The van der Waals surface area contributed by atoms with Crippen molar-refractivity contribution in [3.63, 3.8) is 0 Å². The molecule has 27 heavy (non-hydrogen) atoms. The number of ether oxygens (including phenoxy) is 1. The summed E-state index contributed by atoms with van der Waals surface area (Å²) in [6, 6.07) is 16.2. The molecule has 3 aromatic rings. The summed E-state index contributed by atoms with van der Waals surface area (Å²) in [6.45, 7) is 0. The van der Waals surface area contributed by atoms with Crippen LogP contribution < -0.4 is 10.1 Å². The lowest BCUT2D eigenvalue weighted by molar-refractivity contribution is -0.131. The van der Waals surface area contributed by atoms with Gasteiger partial charge in [-0.05, 0) is 35.9 Å². The number of benzene rings is 2. The molecule has 0 aliphatic carbocycles. The van der Waals surface area contributed by atoms with Gasteiger partial charge in [-0.15, -0.1) is 0 Å². The number of aromatic nitrogens is 2. The molecular weight excluding hydrogens is 346 g/mol. The van der Waals surface area contributed by atoms with Crippen molar-refractivity contribution >= 4 is 23.6 Å². The minimum atomic E-state index is -1.02. The van der Waals surface area contributed by atoms with Crippen LogP contribution in [0.3, 0.4) is 0 Å². The molecule has 0 radical (unpaired) electrons. The lowest BCUT2D eigenvalue weighted by atomic mass is 10.2. The maximum absolute atomic E-state index is 12.6. The van der Waals surface area contributed by atoms with E-state index in [1.807, 2.05) is 30.3 Å². The zero-order valence-corrected chi connectivity index (χ0v) is 14.5. The van der Waals surface area contributed by atoms with Crippen LogP contribution in [-0.2, 0) is 4.79 Å². The molecule has 1 amide bonds. The van der Waals surface area contributed by atoms with Gasteiger partial charge in [-0.1, -0.05) is 30.3 Å². The Kier molecular flexibility index (Phi) is 5.32. The molecule has 7 nitrogen and oxygen atoms in total. The molecule has 0 aliphatic heterocycles. The minimum absolute atomic E-state index is 0.163. The van der Waals surface area contributed by atoms with E-state index in [0.717, 1.165) is 11.8 Å². The molecule has 0 unspecified atom stereocenters. The Morgan fingerprint density at radius 2 is 1.81 bits per heavy atom. The van der Waals surface area contributed by atoms with Gasteiger partial charge < -0.3 is 15.2 Å². The standard InChI is InChI=1S/C20H17N3O4/c1-27-17-13-23(16-5-3-2-4-6-16)22-19(17)20(26)21-15-10-7-14(8-11-15)9-12-18(24)25/h2-13H,1H3,(H,21,26)(H,24,25)/b12-9+. The van der Waals surface area contributed by atoms with Crippen molar-refractivity contribution in [2.45, 2.75) is 0 Å². The van der Waals surface area contributed by atoms with Gasteiger partial charge in [-0.3, -0.25) is 4.79 Å². The fraction of sp³-hybridized carbons (Fsp3) is 0.0500. The Balaban J connectivity index is 1.78. The summed E-state index contributed by atoms with van der Waals surface area (Å²) in [4.78, 5) is 23.1. The third kappa shape index (κ3) is 4.40. The Morgan fingerprint density at radius 1 is 1.11 bits per heavy atom. The second-order valence-electron chi connectivity index (χ2n) is 5.57. The maximum Gasteiger partial charge on any atom is 0.328 e. The van der Waals surface area contributed by atoms with Gasteiger partial charge >= 0.3 is 5.97 Å². The van der Waals surface area contributed by atoms with Crippen molar-refractivity contribution in [1.29, 1.82) is 0 Å². The molecule has 3 rings (SSSR count). The van der Waals surface area contributed by atoms with Gasteiger partial charge in [0.1, 0.15) is 0 Å². The number of para-hydroxylation sites is 1. The van der Waals surface area contributed by atoms with Crippen LogP contribution in [0.15, 0.2) is 66.9 Å². The van der Waals surface area contributed by atoms with E-state index in [-0.39, 0.29) is 5.69 Å². The van der Waals surface area contributed by atoms with Crippen LogP contribution in [0.4, 0.5) is 5.69 Å². The highest BCUT2D eigenvalue weighted by Crippen LogP contribution is 2.21. The Labute approximate surface area is 155 Å².